The maximum atomic E-state index is 13.3. The maximum absolute atomic E-state index is 13.3. The summed E-state index contributed by atoms with van der Waals surface area (Å²) < 4.78 is 1.75. The summed E-state index contributed by atoms with van der Waals surface area (Å²) in [5.74, 6) is 0.173. The smallest absolute Gasteiger partial charge is 0.293 e. The van der Waals surface area contributed by atoms with Crippen molar-refractivity contribution in [1.29, 1.82) is 0 Å². The van der Waals surface area contributed by atoms with Gasteiger partial charge in [-0.25, -0.2) is 0 Å². The highest BCUT2D eigenvalue weighted by atomic mass is 16.3. The molecule has 0 unspecified atom stereocenters. The predicted molar refractivity (Wildman–Crippen MR) is 151 cm³/mol. The molecular formula is C33H32N2O2. The Morgan fingerprint density at radius 1 is 0.838 bits per heavy atom. The van der Waals surface area contributed by atoms with Crippen molar-refractivity contribution in [3.05, 3.63) is 130 Å². The first-order chi connectivity index (χ1) is 18.0. The molecule has 4 nitrogen and oxygen atoms in total. The molecule has 0 saturated heterocycles. The number of fused-ring (bicyclic) bond motifs is 1. The van der Waals surface area contributed by atoms with Crippen molar-refractivity contribution in [3.8, 4) is 17.0 Å². The zero-order chi connectivity index (χ0) is 25.8. The molecular weight excluding hydrogens is 456 g/mol. The van der Waals surface area contributed by atoms with Crippen LogP contribution in [-0.2, 0) is 25.8 Å². The van der Waals surface area contributed by atoms with Gasteiger partial charge in [0, 0.05) is 30.4 Å². The summed E-state index contributed by atoms with van der Waals surface area (Å²) in [4.78, 5) is 17.9. The largest absolute Gasteiger partial charge is 0.503 e. The first kappa shape index (κ1) is 24.5. The molecule has 0 radical (unpaired) electrons. The van der Waals surface area contributed by atoms with Crippen molar-refractivity contribution in [2.24, 2.45) is 5.92 Å². The normalized spacial score (nSPS) is 11.3. The molecule has 186 valence electrons. The van der Waals surface area contributed by atoms with Crippen molar-refractivity contribution < 1.29 is 5.11 Å². The SMILES string of the molecule is CC(C)Cc1cc(O)c(=O)n(CCc2ccc3ccccc3c2)c1-c1ccnc(Cc2ccccc2)c1. The van der Waals surface area contributed by atoms with Gasteiger partial charge in [-0.1, -0.05) is 86.6 Å². The van der Waals surface area contributed by atoms with Crippen LogP contribution in [0.15, 0.2) is 102 Å². The van der Waals surface area contributed by atoms with Gasteiger partial charge in [0.05, 0.1) is 5.69 Å². The molecule has 5 aromatic rings. The lowest BCUT2D eigenvalue weighted by Crippen LogP contribution is -2.24. The van der Waals surface area contributed by atoms with Crippen LogP contribution in [0.1, 0.15) is 36.2 Å². The Kier molecular flexibility index (Phi) is 7.18. The number of pyridine rings is 2. The van der Waals surface area contributed by atoms with Gasteiger partial charge in [-0.15, -0.1) is 0 Å². The van der Waals surface area contributed by atoms with Gasteiger partial charge in [0.2, 0.25) is 0 Å². The van der Waals surface area contributed by atoms with Crippen LogP contribution in [-0.4, -0.2) is 14.7 Å². The highest BCUT2D eigenvalue weighted by Crippen LogP contribution is 2.28. The van der Waals surface area contributed by atoms with Crippen LogP contribution in [0.5, 0.6) is 5.75 Å². The van der Waals surface area contributed by atoms with Crippen LogP contribution in [0.2, 0.25) is 0 Å². The van der Waals surface area contributed by atoms with E-state index < -0.39 is 0 Å². The predicted octanol–water partition coefficient (Wildman–Crippen LogP) is 6.80. The van der Waals surface area contributed by atoms with Crippen LogP contribution < -0.4 is 5.56 Å². The monoisotopic (exact) mass is 488 g/mol. The summed E-state index contributed by atoms with van der Waals surface area (Å²) in [7, 11) is 0. The molecule has 0 atom stereocenters. The Labute approximate surface area is 217 Å². The summed E-state index contributed by atoms with van der Waals surface area (Å²) >= 11 is 0. The molecule has 0 fully saturated rings. The molecule has 0 saturated carbocycles. The van der Waals surface area contributed by atoms with E-state index in [-0.39, 0.29) is 11.3 Å². The highest BCUT2D eigenvalue weighted by Gasteiger charge is 2.18. The number of aromatic nitrogens is 2. The molecule has 0 aliphatic heterocycles. The van der Waals surface area contributed by atoms with E-state index in [2.05, 4.69) is 67.4 Å². The Balaban J connectivity index is 1.55. The first-order valence-electron chi connectivity index (χ1n) is 12.9. The van der Waals surface area contributed by atoms with Crippen molar-refractivity contribution in [1.82, 2.24) is 9.55 Å². The lowest BCUT2D eigenvalue weighted by Gasteiger charge is -2.20. The second-order valence-electron chi connectivity index (χ2n) is 10.1. The van der Waals surface area contributed by atoms with Gasteiger partial charge >= 0.3 is 0 Å². The fourth-order valence-corrected chi connectivity index (χ4v) is 5.02. The molecule has 0 bridgehead atoms. The van der Waals surface area contributed by atoms with E-state index in [9.17, 15) is 9.90 Å². The summed E-state index contributed by atoms with van der Waals surface area (Å²) in [6, 6.07) is 30.7. The van der Waals surface area contributed by atoms with Crippen LogP contribution in [0.25, 0.3) is 22.0 Å². The van der Waals surface area contributed by atoms with E-state index in [1.165, 1.54) is 16.3 Å². The molecule has 4 heteroatoms. The zero-order valence-electron chi connectivity index (χ0n) is 21.4. The fraction of sp³-hybridized carbons (Fsp3) is 0.212. The summed E-state index contributed by atoms with van der Waals surface area (Å²) in [6.45, 7) is 4.78. The van der Waals surface area contributed by atoms with Crippen LogP contribution >= 0.6 is 0 Å². The van der Waals surface area contributed by atoms with Crippen LogP contribution in [0.4, 0.5) is 0 Å². The number of benzene rings is 3. The van der Waals surface area contributed by atoms with Crippen molar-refractivity contribution in [2.45, 2.75) is 39.7 Å². The van der Waals surface area contributed by atoms with Gasteiger partial charge in [0.25, 0.3) is 5.56 Å². The quantitative estimate of drug-likeness (QED) is 0.261. The Morgan fingerprint density at radius 3 is 2.38 bits per heavy atom. The summed E-state index contributed by atoms with van der Waals surface area (Å²) in [6.07, 6.45) is 3.98. The van der Waals surface area contributed by atoms with Gasteiger partial charge in [-0.2, -0.15) is 0 Å². The van der Waals surface area contributed by atoms with Crippen LogP contribution in [0, 0.1) is 5.92 Å². The van der Waals surface area contributed by atoms with E-state index in [0.29, 0.717) is 25.3 Å². The van der Waals surface area contributed by atoms with Crippen molar-refractivity contribution in [2.75, 3.05) is 0 Å². The minimum atomic E-state index is -0.357. The van der Waals surface area contributed by atoms with Crippen molar-refractivity contribution in [3.63, 3.8) is 0 Å². The first-order valence-corrected chi connectivity index (χ1v) is 12.9. The number of aromatic hydroxyl groups is 1. The van der Waals surface area contributed by atoms with Gasteiger partial charge in [-0.3, -0.25) is 9.78 Å². The second kappa shape index (κ2) is 10.8. The Morgan fingerprint density at radius 2 is 1.59 bits per heavy atom. The van der Waals surface area contributed by atoms with Gasteiger partial charge in [-0.05, 0) is 64.4 Å². The number of rotatable bonds is 8. The number of aryl methyl sites for hydroxylation is 1. The third-order valence-corrected chi connectivity index (χ3v) is 6.73. The average molecular weight is 489 g/mol. The molecule has 0 amide bonds. The summed E-state index contributed by atoms with van der Waals surface area (Å²) in [5, 5.41) is 13.0. The molecule has 0 aliphatic carbocycles. The zero-order valence-corrected chi connectivity index (χ0v) is 21.4. The molecule has 2 heterocycles. The lowest BCUT2D eigenvalue weighted by molar-refractivity contribution is 0.455. The average Bonchev–Trinajstić information content (AvgIpc) is 2.90. The fourth-order valence-electron chi connectivity index (χ4n) is 5.02. The van der Waals surface area contributed by atoms with Crippen molar-refractivity contribution >= 4 is 10.8 Å². The maximum Gasteiger partial charge on any atom is 0.293 e. The molecule has 5 rings (SSSR count). The highest BCUT2D eigenvalue weighted by molar-refractivity contribution is 5.83. The number of nitrogens with zero attached hydrogens (tertiary/aromatic N) is 2. The second-order valence-corrected chi connectivity index (χ2v) is 10.1. The molecule has 1 N–H and O–H groups in total. The Hall–Kier alpha value is -4.18. The molecule has 3 aromatic carbocycles. The molecule has 37 heavy (non-hydrogen) atoms. The van der Waals surface area contributed by atoms with E-state index in [4.69, 9.17) is 0 Å². The molecule has 0 spiro atoms. The summed E-state index contributed by atoms with van der Waals surface area (Å²) in [5.41, 5.74) is 5.73. The third-order valence-electron chi connectivity index (χ3n) is 6.73. The van der Waals surface area contributed by atoms with E-state index in [1.807, 2.05) is 42.6 Å². The van der Waals surface area contributed by atoms with E-state index in [1.54, 1.807) is 10.6 Å². The molecule has 2 aromatic heterocycles. The number of hydrogen-bond donors (Lipinski definition) is 1. The minimum Gasteiger partial charge on any atom is -0.503 e. The van der Waals surface area contributed by atoms with E-state index in [0.717, 1.165) is 34.5 Å². The molecule has 0 aliphatic rings. The topological polar surface area (TPSA) is 55.1 Å². The van der Waals surface area contributed by atoms with Gasteiger partial charge in [0.1, 0.15) is 0 Å². The van der Waals surface area contributed by atoms with Gasteiger partial charge < -0.3 is 9.67 Å². The number of hydrogen-bond acceptors (Lipinski definition) is 3. The standard InChI is InChI=1S/C33H32N2O2/c1-23(2)18-29-22-31(36)33(37)35(17-15-25-12-13-26-10-6-7-11-27(26)19-25)32(29)28-14-16-34-30(21-28)20-24-8-4-3-5-9-24/h3-14,16,19,21-23,36H,15,17-18,20H2,1-2H3. The lowest BCUT2D eigenvalue weighted by atomic mass is 9.96. The Bertz CT molecular complexity index is 1590. The third kappa shape index (κ3) is 5.64. The minimum absolute atomic E-state index is 0.198. The van der Waals surface area contributed by atoms with Crippen LogP contribution in [0.3, 0.4) is 0 Å². The van der Waals surface area contributed by atoms with Gasteiger partial charge in [0.15, 0.2) is 5.75 Å². The van der Waals surface area contributed by atoms with E-state index >= 15 is 0 Å².